The number of rotatable bonds is 1. The Hall–Kier alpha value is -1.49. The fraction of sp³-hybridized carbons (Fsp3) is 0.200. The Labute approximate surface area is 82.9 Å². The van der Waals surface area contributed by atoms with Crippen LogP contribution in [0.15, 0.2) is 28.9 Å². The third kappa shape index (κ3) is 1.59. The lowest BCUT2D eigenvalue weighted by molar-refractivity contribution is -0.136. The normalized spacial score (nSPS) is 12.3. The molecule has 80 valence electrons. The molecule has 0 spiro atoms. The number of benzene rings is 1. The number of hydrogen-bond donors (Lipinski definition) is 1. The van der Waals surface area contributed by atoms with Crippen molar-refractivity contribution in [3.63, 3.8) is 0 Å². The van der Waals surface area contributed by atoms with E-state index in [-0.39, 0.29) is 16.5 Å². The Morgan fingerprint density at radius 3 is 2.60 bits per heavy atom. The molecular weight excluding hydrogens is 209 g/mol. The van der Waals surface area contributed by atoms with Crippen LogP contribution >= 0.6 is 0 Å². The van der Waals surface area contributed by atoms with E-state index in [4.69, 9.17) is 9.52 Å². The van der Waals surface area contributed by atoms with Gasteiger partial charge in [0.2, 0.25) is 0 Å². The van der Waals surface area contributed by atoms with E-state index < -0.39 is 18.3 Å². The molecule has 2 nitrogen and oxygen atoms in total. The van der Waals surface area contributed by atoms with Gasteiger partial charge in [-0.1, -0.05) is 6.07 Å². The lowest BCUT2D eigenvalue weighted by Gasteiger charge is -2.07. The summed E-state index contributed by atoms with van der Waals surface area (Å²) >= 11 is 0. The second-order valence-corrected chi connectivity index (χ2v) is 3.10. The van der Waals surface area contributed by atoms with Crippen LogP contribution in [0.5, 0.6) is 0 Å². The van der Waals surface area contributed by atoms with Crippen LogP contribution in [0.25, 0.3) is 11.0 Å². The fourth-order valence-electron chi connectivity index (χ4n) is 1.51. The Morgan fingerprint density at radius 2 is 2.00 bits per heavy atom. The smallest absolute Gasteiger partial charge is 0.417 e. The number of hydrogen-bond acceptors (Lipinski definition) is 2. The molecule has 0 radical (unpaired) electrons. The van der Waals surface area contributed by atoms with Crippen LogP contribution < -0.4 is 0 Å². The van der Waals surface area contributed by atoms with Gasteiger partial charge in [-0.3, -0.25) is 0 Å². The topological polar surface area (TPSA) is 33.4 Å². The molecule has 1 N–H and O–H groups in total. The maximum Gasteiger partial charge on any atom is 0.417 e. The van der Waals surface area contributed by atoms with E-state index in [0.717, 1.165) is 12.3 Å². The average molecular weight is 216 g/mol. The third-order valence-corrected chi connectivity index (χ3v) is 2.15. The SMILES string of the molecule is OCc1coc2cccc(C(F)(F)F)c12. The molecule has 0 bridgehead atoms. The zero-order chi connectivity index (χ0) is 11.1. The van der Waals surface area contributed by atoms with E-state index in [1.807, 2.05) is 0 Å². The fourth-order valence-corrected chi connectivity index (χ4v) is 1.51. The minimum absolute atomic E-state index is 0.0625. The van der Waals surface area contributed by atoms with Gasteiger partial charge in [-0.15, -0.1) is 0 Å². The second kappa shape index (κ2) is 3.27. The van der Waals surface area contributed by atoms with Gasteiger partial charge in [0.1, 0.15) is 5.58 Å². The van der Waals surface area contributed by atoms with Crippen LogP contribution in [0.3, 0.4) is 0 Å². The van der Waals surface area contributed by atoms with Gasteiger partial charge in [-0.25, -0.2) is 0 Å². The second-order valence-electron chi connectivity index (χ2n) is 3.10. The quantitative estimate of drug-likeness (QED) is 0.794. The maximum absolute atomic E-state index is 12.6. The number of aliphatic hydroxyl groups is 1. The summed E-state index contributed by atoms with van der Waals surface area (Å²) in [5.41, 5.74) is -0.496. The van der Waals surface area contributed by atoms with Gasteiger partial charge in [0, 0.05) is 10.9 Å². The van der Waals surface area contributed by atoms with Gasteiger partial charge in [0.15, 0.2) is 0 Å². The van der Waals surface area contributed by atoms with Crippen molar-refractivity contribution in [2.75, 3.05) is 0 Å². The number of alkyl halides is 3. The lowest BCUT2D eigenvalue weighted by atomic mass is 10.1. The van der Waals surface area contributed by atoms with Gasteiger partial charge < -0.3 is 9.52 Å². The predicted molar refractivity (Wildman–Crippen MR) is 47.1 cm³/mol. The molecule has 2 aromatic rings. The molecule has 0 saturated heterocycles. The zero-order valence-electron chi connectivity index (χ0n) is 7.51. The zero-order valence-corrected chi connectivity index (χ0v) is 7.51. The Kier molecular flexibility index (Phi) is 2.19. The van der Waals surface area contributed by atoms with Crippen molar-refractivity contribution in [3.8, 4) is 0 Å². The van der Waals surface area contributed by atoms with Crippen molar-refractivity contribution in [1.29, 1.82) is 0 Å². The van der Waals surface area contributed by atoms with Crippen LogP contribution in [0.2, 0.25) is 0 Å². The molecule has 0 saturated carbocycles. The molecule has 0 aliphatic carbocycles. The molecule has 1 aromatic carbocycles. The standard InChI is InChI=1S/C10H7F3O2/c11-10(12,13)7-2-1-3-8-9(7)6(4-14)5-15-8/h1-3,5,14H,4H2. The van der Waals surface area contributed by atoms with E-state index in [0.29, 0.717) is 0 Å². The number of fused-ring (bicyclic) bond motifs is 1. The van der Waals surface area contributed by atoms with Crippen LogP contribution in [0.4, 0.5) is 13.2 Å². The van der Waals surface area contributed by atoms with E-state index in [9.17, 15) is 13.2 Å². The van der Waals surface area contributed by atoms with Gasteiger partial charge in [0.05, 0.1) is 18.4 Å². The molecule has 2 rings (SSSR count). The molecule has 0 amide bonds. The first-order valence-electron chi connectivity index (χ1n) is 4.21. The predicted octanol–water partition coefficient (Wildman–Crippen LogP) is 2.94. The summed E-state index contributed by atoms with van der Waals surface area (Å²) in [5, 5.41) is 8.82. The first kappa shape index (κ1) is 10.0. The minimum Gasteiger partial charge on any atom is -0.464 e. The van der Waals surface area contributed by atoms with Crippen molar-refractivity contribution in [2.45, 2.75) is 12.8 Å². The molecule has 1 aromatic heterocycles. The molecule has 0 unspecified atom stereocenters. The highest BCUT2D eigenvalue weighted by molar-refractivity contribution is 5.85. The molecule has 5 heteroatoms. The first-order chi connectivity index (χ1) is 7.04. The summed E-state index contributed by atoms with van der Waals surface area (Å²) in [6.07, 6.45) is -3.30. The summed E-state index contributed by atoms with van der Waals surface area (Å²) in [4.78, 5) is 0. The van der Waals surface area contributed by atoms with Crippen LogP contribution in [-0.2, 0) is 12.8 Å². The largest absolute Gasteiger partial charge is 0.464 e. The number of furan rings is 1. The Morgan fingerprint density at radius 1 is 1.27 bits per heavy atom. The van der Waals surface area contributed by atoms with Crippen molar-refractivity contribution < 1.29 is 22.7 Å². The highest BCUT2D eigenvalue weighted by Crippen LogP contribution is 2.36. The molecule has 15 heavy (non-hydrogen) atoms. The van der Waals surface area contributed by atoms with Crippen LogP contribution in [0.1, 0.15) is 11.1 Å². The van der Waals surface area contributed by atoms with Gasteiger partial charge in [-0.2, -0.15) is 13.2 Å². The van der Waals surface area contributed by atoms with E-state index >= 15 is 0 Å². The molecule has 0 atom stereocenters. The summed E-state index contributed by atoms with van der Waals surface area (Å²) in [7, 11) is 0. The summed E-state index contributed by atoms with van der Waals surface area (Å²) in [5.74, 6) is 0. The monoisotopic (exact) mass is 216 g/mol. The summed E-state index contributed by atoms with van der Waals surface area (Å²) < 4.78 is 42.7. The molecule has 1 heterocycles. The van der Waals surface area contributed by atoms with Crippen molar-refractivity contribution in [2.24, 2.45) is 0 Å². The van der Waals surface area contributed by atoms with Crippen LogP contribution in [-0.4, -0.2) is 5.11 Å². The highest BCUT2D eigenvalue weighted by Gasteiger charge is 2.33. The Bertz CT molecular complexity index is 485. The minimum atomic E-state index is -4.44. The molecule has 0 fully saturated rings. The van der Waals surface area contributed by atoms with E-state index in [1.54, 1.807) is 0 Å². The summed E-state index contributed by atoms with van der Waals surface area (Å²) in [6.45, 7) is -0.472. The number of halogens is 3. The third-order valence-electron chi connectivity index (χ3n) is 2.15. The van der Waals surface area contributed by atoms with Crippen molar-refractivity contribution in [3.05, 3.63) is 35.6 Å². The maximum atomic E-state index is 12.6. The van der Waals surface area contributed by atoms with Gasteiger partial charge in [-0.05, 0) is 12.1 Å². The highest BCUT2D eigenvalue weighted by atomic mass is 19.4. The summed E-state index contributed by atoms with van der Waals surface area (Å²) in [6, 6.07) is 3.68. The molecule has 0 aliphatic rings. The lowest BCUT2D eigenvalue weighted by Crippen LogP contribution is -2.05. The van der Waals surface area contributed by atoms with E-state index in [2.05, 4.69) is 0 Å². The van der Waals surface area contributed by atoms with Crippen molar-refractivity contribution in [1.82, 2.24) is 0 Å². The average Bonchev–Trinajstić information content (AvgIpc) is 2.58. The van der Waals surface area contributed by atoms with Crippen LogP contribution in [0, 0.1) is 0 Å². The van der Waals surface area contributed by atoms with E-state index in [1.165, 1.54) is 12.1 Å². The van der Waals surface area contributed by atoms with Gasteiger partial charge in [0.25, 0.3) is 0 Å². The molecular formula is C10H7F3O2. The van der Waals surface area contributed by atoms with Crippen molar-refractivity contribution >= 4 is 11.0 Å². The number of aliphatic hydroxyl groups excluding tert-OH is 1. The first-order valence-corrected chi connectivity index (χ1v) is 4.21. The molecule has 0 aliphatic heterocycles. The Balaban J connectivity index is 2.78. The van der Waals surface area contributed by atoms with Gasteiger partial charge >= 0.3 is 6.18 Å².